The molecule has 33 heavy (non-hydrogen) atoms. The Kier molecular flexibility index (Phi) is 6.93. The minimum absolute atomic E-state index is 0.0151. The molecule has 2 aromatic carbocycles. The molecule has 0 radical (unpaired) electrons. The maximum atomic E-state index is 15.2. The molecule has 0 aliphatic heterocycles. The third-order valence-electron chi connectivity index (χ3n) is 4.92. The second-order valence-corrected chi connectivity index (χ2v) is 12.1. The van der Waals surface area contributed by atoms with E-state index >= 15 is 4.39 Å². The Morgan fingerprint density at radius 2 is 1.58 bits per heavy atom. The molecule has 0 aliphatic carbocycles. The second kappa shape index (κ2) is 8.95. The molecule has 0 bridgehead atoms. The summed E-state index contributed by atoms with van der Waals surface area (Å²) in [6.07, 6.45) is -2.89. The van der Waals surface area contributed by atoms with Gasteiger partial charge in [0.15, 0.2) is 0 Å². The van der Waals surface area contributed by atoms with Gasteiger partial charge in [0.2, 0.25) is 0 Å². The van der Waals surface area contributed by atoms with Crippen LogP contribution in [0.5, 0.6) is 0 Å². The van der Waals surface area contributed by atoms with Crippen molar-refractivity contribution in [2.24, 2.45) is 5.41 Å². The highest BCUT2D eigenvalue weighted by Crippen LogP contribution is 2.40. The molecule has 3 aromatic rings. The number of fused-ring (bicyclic) bond motifs is 1. The van der Waals surface area contributed by atoms with Crippen molar-refractivity contribution in [1.82, 2.24) is 9.29 Å². The number of nitrogens with one attached hydrogen (secondary N) is 1. The molecule has 8 heteroatoms. The van der Waals surface area contributed by atoms with Crippen LogP contribution in [0.3, 0.4) is 0 Å². The van der Waals surface area contributed by atoms with Crippen molar-refractivity contribution in [3.63, 3.8) is 0 Å². The Balaban J connectivity index is 2.17. The summed E-state index contributed by atoms with van der Waals surface area (Å²) >= 11 is 1.56. The summed E-state index contributed by atoms with van der Waals surface area (Å²) in [5.41, 5.74) is -0.402. The van der Waals surface area contributed by atoms with E-state index in [0.29, 0.717) is 30.1 Å². The average Bonchev–Trinajstić information content (AvgIpc) is 2.94. The van der Waals surface area contributed by atoms with Crippen LogP contribution < -0.4 is 4.72 Å². The largest absolute Gasteiger partial charge is 0.417 e. The Morgan fingerprint density at radius 1 is 0.909 bits per heavy atom. The average molecular weight is 485 g/mol. The fourth-order valence-electron chi connectivity index (χ4n) is 3.69. The monoisotopic (exact) mass is 484 g/mol. The van der Waals surface area contributed by atoms with E-state index in [1.165, 1.54) is 12.1 Å². The van der Waals surface area contributed by atoms with Crippen LogP contribution >= 0.6 is 11.9 Å². The minimum atomic E-state index is -4.81. The van der Waals surface area contributed by atoms with Crippen molar-refractivity contribution >= 4 is 22.9 Å². The summed E-state index contributed by atoms with van der Waals surface area (Å²) in [4.78, 5) is 0. The molecule has 1 aromatic heterocycles. The number of halogens is 5. The van der Waals surface area contributed by atoms with Crippen molar-refractivity contribution < 1.29 is 22.0 Å². The van der Waals surface area contributed by atoms with E-state index in [0.717, 1.165) is 17.7 Å². The van der Waals surface area contributed by atoms with Crippen molar-refractivity contribution in [3.05, 3.63) is 59.3 Å². The predicted molar refractivity (Wildman–Crippen MR) is 126 cm³/mol. The van der Waals surface area contributed by atoms with Gasteiger partial charge in [-0.05, 0) is 61.6 Å². The summed E-state index contributed by atoms with van der Waals surface area (Å²) in [6.45, 7) is 13.4. The van der Waals surface area contributed by atoms with Crippen LogP contribution in [0.4, 0.5) is 22.0 Å². The zero-order valence-corrected chi connectivity index (χ0v) is 20.4. The predicted octanol–water partition coefficient (Wildman–Crippen LogP) is 8.19. The molecule has 0 fully saturated rings. The van der Waals surface area contributed by atoms with Crippen LogP contribution in [0.2, 0.25) is 0 Å². The lowest BCUT2D eigenvalue weighted by atomic mass is 9.96. The summed E-state index contributed by atoms with van der Waals surface area (Å²) in [5.74, 6) is -1.80. The number of rotatable bonds is 5. The molecule has 0 saturated carbocycles. The maximum Gasteiger partial charge on any atom is 0.417 e. The van der Waals surface area contributed by atoms with E-state index in [4.69, 9.17) is 0 Å². The molecule has 3 rings (SSSR count). The summed E-state index contributed by atoms with van der Waals surface area (Å²) in [5, 5.41) is 0.637. The van der Waals surface area contributed by atoms with Crippen LogP contribution in [-0.2, 0) is 19.3 Å². The van der Waals surface area contributed by atoms with Crippen molar-refractivity contribution in [1.29, 1.82) is 0 Å². The normalized spacial score (nSPS) is 13.2. The fraction of sp³-hybridized carbons (Fsp3) is 0.440. The highest BCUT2D eigenvalue weighted by molar-refractivity contribution is 7.98. The van der Waals surface area contributed by atoms with Crippen molar-refractivity contribution in [2.75, 3.05) is 0 Å². The van der Waals surface area contributed by atoms with Gasteiger partial charge < -0.3 is 4.57 Å². The van der Waals surface area contributed by atoms with Gasteiger partial charge in [0.25, 0.3) is 0 Å². The Morgan fingerprint density at radius 3 is 2.15 bits per heavy atom. The maximum absolute atomic E-state index is 15.2. The zero-order chi connectivity index (χ0) is 24.8. The first-order valence-electron chi connectivity index (χ1n) is 10.6. The van der Waals surface area contributed by atoms with Gasteiger partial charge in [0.05, 0.1) is 5.56 Å². The molecule has 2 nitrogen and oxygen atoms in total. The van der Waals surface area contributed by atoms with Crippen LogP contribution in [0.1, 0.15) is 52.7 Å². The zero-order valence-electron chi connectivity index (χ0n) is 19.6. The Bertz CT molecular complexity index is 1150. The van der Waals surface area contributed by atoms with Crippen molar-refractivity contribution in [3.8, 4) is 11.1 Å². The third-order valence-corrected chi connectivity index (χ3v) is 5.82. The summed E-state index contributed by atoms with van der Waals surface area (Å²) in [7, 11) is 0. The third kappa shape index (κ3) is 6.29. The van der Waals surface area contributed by atoms with Gasteiger partial charge in [-0.3, -0.25) is 4.72 Å². The molecule has 1 heterocycles. The van der Waals surface area contributed by atoms with E-state index in [2.05, 4.69) is 46.3 Å². The van der Waals surface area contributed by atoms with Crippen LogP contribution in [0.15, 0.2) is 36.5 Å². The Hall–Kier alpha value is -2.06. The molecule has 0 unspecified atom stereocenters. The van der Waals surface area contributed by atoms with Crippen LogP contribution in [0, 0.1) is 17.0 Å². The van der Waals surface area contributed by atoms with E-state index in [1.54, 1.807) is 11.9 Å². The van der Waals surface area contributed by atoms with Crippen molar-refractivity contribution in [2.45, 2.75) is 65.6 Å². The van der Waals surface area contributed by atoms with Crippen LogP contribution in [-0.4, -0.2) is 9.31 Å². The van der Waals surface area contributed by atoms with Crippen LogP contribution in [0.25, 0.3) is 22.0 Å². The number of benzene rings is 2. The molecule has 180 valence electrons. The van der Waals surface area contributed by atoms with E-state index in [-0.39, 0.29) is 21.3 Å². The highest BCUT2D eigenvalue weighted by atomic mass is 32.2. The number of nitrogens with zero attached hydrogens (tertiary/aromatic N) is 1. The summed E-state index contributed by atoms with van der Waals surface area (Å²) in [6, 6.07) is 5.04. The van der Waals surface area contributed by atoms with E-state index in [9.17, 15) is 17.6 Å². The molecule has 0 aliphatic rings. The Labute approximate surface area is 195 Å². The first kappa shape index (κ1) is 25.6. The second-order valence-electron chi connectivity index (χ2n) is 10.4. The molecule has 0 atom stereocenters. The van der Waals surface area contributed by atoms with Gasteiger partial charge in [-0.15, -0.1) is 0 Å². The highest BCUT2D eigenvalue weighted by Gasteiger charge is 2.35. The lowest BCUT2D eigenvalue weighted by Crippen LogP contribution is -2.16. The first-order valence-corrected chi connectivity index (χ1v) is 11.5. The number of aromatic nitrogens is 1. The van der Waals surface area contributed by atoms with Gasteiger partial charge in [0.1, 0.15) is 11.6 Å². The number of alkyl halides is 3. The lowest BCUT2D eigenvalue weighted by Gasteiger charge is -2.20. The molecular weight excluding hydrogens is 455 g/mol. The fourth-order valence-corrected chi connectivity index (χ4v) is 4.35. The summed E-state index contributed by atoms with van der Waals surface area (Å²) < 4.78 is 74.8. The lowest BCUT2D eigenvalue weighted by molar-refractivity contribution is -0.137. The SMILES string of the molecule is CC(C)(C)Cn1cc(CNSC(C)(C)C)c2cc(F)c(-c3ccc(F)cc3C(F)(F)F)cc21. The van der Waals surface area contributed by atoms with Gasteiger partial charge in [-0.1, -0.05) is 38.8 Å². The number of hydrogen-bond donors (Lipinski definition) is 1. The van der Waals surface area contributed by atoms with Gasteiger partial charge in [-0.2, -0.15) is 13.2 Å². The quantitative estimate of drug-likeness (QED) is 0.290. The van der Waals surface area contributed by atoms with E-state index in [1.807, 2.05) is 10.8 Å². The molecule has 0 saturated heterocycles. The van der Waals surface area contributed by atoms with E-state index < -0.39 is 23.4 Å². The van der Waals surface area contributed by atoms with Gasteiger partial charge >= 0.3 is 6.18 Å². The minimum Gasteiger partial charge on any atom is -0.347 e. The topological polar surface area (TPSA) is 17.0 Å². The van der Waals surface area contributed by atoms with Gasteiger partial charge in [0, 0.05) is 40.5 Å². The first-order chi connectivity index (χ1) is 15.0. The standard InChI is InChI=1S/C25H29F5N2S/c1-23(2,3)14-32-13-15(12-31-33-24(4,5)6)18-10-21(27)19(11-22(18)32)17-8-7-16(26)9-20(17)25(28,29)30/h7-11,13,31H,12,14H2,1-6H3. The number of hydrogen-bond acceptors (Lipinski definition) is 2. The molecule has 0 amide bonds. The molecule has 0 spiro atoms. The molecular formula is C25H29F5N2S. The smallest absolute Gasteiger partial charge is 0.347 e. The van der Waals surface area contributed by atoms with Gasteiger partial charge in [-0.25, -0.2) is 8.78 Å². The molecule has 1 N–H and O–H groups in total.